The molecule has 0 aliphatic heterocycles. The van der Waals surface area contributed by atoms with E-state index in [0.29, 0.717) is 39.6 Å². The van der Waals surface area contributed by atoms with Gasteiger partial charge in [0.15, 0.2) is 5.96 Å². The number of halogens is 4. The maximum atomic E-state index is 12.8. The minimum absolute atomic E-state index is 0.0452. The number of thiophene rings is 1. The standard InChI is InChI=1S/C25H24ClF3N4O3S/c26-20-5-2-1-4-17(20)19-13-37-22(18(19)12-21(35)33-24(30)31-10-3-11-34)15-6-8-16(9-7-15)23(36)32-14-25(27,28)29/h1-2,4-9,13,34H,3,10-12,14H2,(H,32,36)(H3,30,31,33,35). The maximum absolute atomic E-state index is 12.8. The molecule has 0 saturated carbocycles. The van der Waals surface area contributed by atoms with Crippen molar-refractivity contribution in [2.45, 2.75) is 19.0 Å². The van der Waals surface area contributed by atoms with Gasteiger partial charge >= 0.3 is 6.18 Å². The van der Waals surface area contributed by atoms with E-state index >= 15 is 0 Å². The monoisotopic (exact) mass is 552 g/mol. The van der Waals surface area contributed by atoms with Crippen molar-refractivity contribution in [3.05, 3.63) is 70.1 Å². The molecule has 196 valence electrons. The summed E-state index contributed by atoms with van der Waals surface area (Å²) in [6.07, 6.45) is -4.17. The maximum Gasteiger partial charge on any atom is 0.405 e. The van der Waals surface area contributed by atoms with Crippen LogP contribution >= 0.6 is 22.9 Å². The van der Waals surface area contributed by atoms with Crippen LogP contribution in [0.2, 0.25) is 5.02 Å². The third kappa shape index (κ3) is 8.04. The molecular weight excluding hydrogens is 529 g/mol. The van der Waals surface area contributed by atoms with Gasteiger partial charge in [0.25, 0.3) is 5.91 Å². The molecule has 0 unspecified atom stereocenters. The zero-order chi connectivity index (χ0) is 27.0. The van der Waals surface area contributed by atoms with Crippen LogP contribution in [0.25, 0.3) is 21.6 Å². The van der Waals surface area contributed by atoms with E-state index in [1.165, 1.54) is 23.5 Å². The Morgan fingerprint density at radius 1 is 1.03 bits per heavy atom. The molecule has 2 aromatic carbocycles. The minimum Gasteiger partial charge on any atom is -0.396 e. The largest absolute Gasteiger partial charge is 0.405 e. The van der Waals surface area contributed by atoms with E-state index in [9.17, 15) is 22.8 Å². The molecule has 0 fully saturated rings. The van der Waals surface area contributed by atoms with Crippen molar-refractivity contribution in [1.82, 2.24) is 16.0 Å². The predicted octanol–water partition coefficient (Wildman–Crippen LogP) is 4.59. The van der Waals surface area contributed by atoms with E-state index in [1.54, 1.807) is 24.3 Å². The number of guanidine groups is 1. The number of carbonyl (C=O) groups is 2. The first-order valence-electron chi connectivity index (χ1n) is 11.1. The van der Waals surface area contributed by atoms with Gasteiger partial charge in [-0.25, -0.2) is 0 Å². The van der Waals surface area contributed by atoms with Crippen molar-refractivity contribution < 1.29 is 27.9 Å². The van der Waals surface area contributed by atoms with Crippen LogP contribution in [0.4, 0.5) is 13.2 Å². The molecule has 5 N–H and O–H groups in total. The van der Waals surface area contributed by atoms with Crippen LogP contribution in [0.1, 0.15) is 22.3 Å². The Labute approximate surface area is 220 Å². The SMILES string of the molecule is N=C(NCCCO)NC(=O)Cc1c(-c2ccccc2Cl)csc1-c1ccc(C(=O)NCC(F)(F)F)cc1. The second-order valence-corrected chi connectivity index (χ2v) is 9.20. The van der Waals surface area contributed by atoms with E-state index in [1.807, 2.05) is 22.8 Å². The highest BCUT2D eigenvalue weighted by Gasteiger charge is 2.28. The average Bonchev–Trinajstić information content (AvgIpc) is 3.25. The number of alkyl halides is 3. The van der Waals surface area contributed by atoms with Crippen LogP contribution < -0.4 is 16.0 Å². The fourth-order valence-corrected chi connectivity index (χ4v) is 4.78. The molecule has 0 saturated heterocycles. The Balaban J connectivity index is 1.88. The van der Waals surface area contributed by atoms with Gasteiger partial charge in [-0.15, -0.1) is 11.3 Å². The van der Waals surface area contributed by atoms with Gasteiger partial charge in [0, 0.05) is 34.2 Å². The summed E-state index contributed by atoms with van der Waals surface area (Å²) in [4.78, 5) is 25.6. The molecule has 37 heavy (non-hydrogen) atoms. The lowest BCUT2D eigenvalue weighted by molar-refractivity contribution is -0.123. The fourth-order valence-electron chi connectivity index (χ4n) is 3.44. The third-order valence-corrected chi connectivity index (χ3v) is 6.56. The van der Waals surface area contributed by atoms with Crippen molar-refractivity contribution in [2.75, 3.05) is 19.7 Å². The molecule has 12 heteroatoms. The Kier molecular flexibility index (Phi) is 9.67. The lowest BCUT2D eigenvalue weighted by atomic mass is 9.97. The number of rotatable bonds is 9. The van der Waals surface area contributed by atoms with Crippen molar-refractivity contribution in [3.63, 3.8) is 0 Å². The van der Waals surface area contributed by atoms with E-state index in [4.69, 9.17) is 22.1 Å². The van der Waals surface area contributed by atoms with Crippen LogP contribution in [0.15, 0.2) is 53.9 Å². The van der Waals surface area contributed by atoms with Crippen LogP contribution in [0, 0.1) is 5.41 Å². The zero-order valence-corrected chi connectivity index (χ0v) is 21.0. The van der Waals surface area contributed by atoms with Gasteiger partial charge in [-0.05, 0) is 46.7 Å². The number of aliphatic hydroxyl groups is 1. The number of hydrogen-bond donors (Lipinski definition) is 5. The highest BCUT2D eigenvalue weighted by molar-refractivity contribution is 7.14. The summed E-state index contributed by atoms with van der Waals surface area (Å²) in [5.41, 5.74) is 2.82. The van der Waals surface area contributed by atoms with Crippen molar-refractivity contribution >= 4 is 40.7 Å². The van der Waals surface area contributed by atoms with Gasteiger partial charge in [-0.2, -0.15) is 13.2 Å². The number of hydrogen-bond acceptors (Lipinski definition) is 5. The van der Waals surface area contributed by atoms with Crippen molar-refractivity contribution in [1.29, 1.82) is 5.41 Å². The van der Waals surface area contributed by atoms with Gasteiger partial charge in [0.05, 0.1) is 6.42 Å². The average molecular weight is 553 g/mol. The lowest BCUT2D eigenvalue weighted by Gasteiger charge is -2.12. The second kappa shape index (κ2) is 12.7. The van der Waals surface area contributed by atoms with Gasteiger partial charge in [-0.3, -0.25) is 20.3 Å². The minimum atomic E-state index is -4.51. The summed E-state index contributed by atoms with van der Waals surface area (Å²) in [7, 11) is 0. The Morgan fingerprint density at radius 3 is 2.38 bits per heavy atom. The van der Waals surface area contributed by atoms with Gasteiger partial charge in [0.1, 0.15) is 6.54 Å². The predicted molar refractivity (Wildman–Crippen MR) is 138 cm³/mol. The normalized spacial score (nSPS) is 11.2. The molecule has 0 atom stereocenters. The van der Waals surface area contributed by atoms with E-state index in [2.05, 4.69) is 10.6 Å². The number of carbonyl (C=O) groups excluding carboxylic acids is 2. The summed E-state index contributed by atoms with van der Waals surface area (Å²) in [6.45, 7) is -1.15. The summed E-state index contributed by atoms with van der Waals surface area (Å²) < 4.78 is 37.2. The Bertz CT molecular complexity index is 1260. The first kappa shape index (κ1) is 28.2. The molecule has 3 aromatic rings. The number of nitrogens with one attached hydrogen (secondary N) is 4. The summed E-state index contributed by atoms with van der Waals surface area (Å²) in [5.74, 6) is -1.49. The molecular formula is C25H24ClF3N4O3S. The highest BCUT2D eigenvalue weighted by Crippen LogP contribution is 2.41. The lowest BCUT2D eigenvalue weighted by Crippen LogP contribution is -2.41. The summed E-state index contributed by atoms with van der Waals surface area (Å²) in [6, 6.07) is 13.2. The molecule has 7 nitrogen and oxygen atoms in total. The molecule has 0 spiro atoms. The van der Waals surface area contributed by atoms with Crippen LogP contribution in [-0.4, -0.2) is 48.8 Å². The zero-order valence-electron chi connectivity index (χ0n) is 19.4. The van der Waals surface area contributed by atoms with Gasteiger partial charge in [-0.1, -0.05) is 41.9 Å². The highest BCUT2D eigenvalue weighted by atomic mass is 35.5. The fraction of sp³-hybridized carbons (Fsp3) is 0.240. The first-order valence-corrected chi connectivity index (χ1v) is 12.4. The Hall–Kier alpha value is -3.41. The van der Waals surface area contributed by atoms with Crippen molar-refractivity contribution in [3.8, 4) is 21.6 Å². The smallest absolute Gasteiger partial charge is 0.396 e. The third-order valence-electron chi connectivity index (χ3n) is 5.15. The number of benzene rings is 2. The molecule has 0 aliphatic rings. The van der Waals surface area contributed by atoms with Gasteiger partial charge < -0.3 is 15.7 Å². The van der Waals surface area contributed by atoms with E-state index in [-0.39, 0.29) is 24.6 Å². The molecule has 1 heterocycles. The molecule has 1 aromatic heterocycles. The summed E-state index contributed by atoms with van der Waals surface area (Å²) >= 11 is 7.76. The van der Waals surface area contributed by atoms with E-state index in [0.717, 1.165) is 5.56 Å². The molecule has 0 radical (unpaired) electrons. The van der Waals surface area contributed by atoms with Gasteiger partial charge in [0.2, 0.25) is 5.91 Å². The quantitative estimate of drug-likeness (QED) is 0.152. The molecule has 2 amide bonds. The van der Waals surface area contributed by atoms with Crippen molar-refractivity contribution in [2.24, 2.45) is 0 Å². The number of amides is 2. The molecule has 0 bridgehead atoms. The van der Waals surface area contributed by atoms with E-state index < -0.39 is 24.5 Å². The van der Waals surface area contributed by atoms with Crippen LogP contribution in [-0.2, 0) is 11.2 Å². The molecule has 3 rings (SSSR count). The second-order valence-electron chi connectivity index (χ2n) is 7.92. The number of aliphatic hydroxyl groups excluding tert-OH is 1. The first-order chi connectivity index (χ1) is 17.6. The molecule has 0 aliphatic carbocycles. The topological polar surface area (TPSA) is 114 Å². The van der Waals surface area contributed by atoms with Crippen LogP contribution in [0.3, 0.4) is 0 Å². The van der Waals surface area contributed by atoms with Crippen LogP contribution in [0.5, 0.6) is 0 Å². The summed E-state index contributed by atoms with van der Waals surface area (Å²) in [5, 5.41) is 26.1. The Morgan fingerprint density at radius 2 is 1.73 bits per heavy atom.